The van der Waals surface area contributed by atoms with Crippen molar-refractivity contribution in [3.63, 3.8) is 0 Å². The Morgan fingerprint density at radius 1 is 0.913 bits per heavy atom. The molecule has 0 fully saturated rings. The van der Waals surface area contributed by atoms with Gasteiger partial charge in [-0.25, -0.2) is 4.79 Å². The van der Waals surface area contributed by atoms with Gasteiger partial charge in [0, 0.05) is 5.39 Å². The van der Waals surface area contributed by atoms with Crippen LogP contribution in [-0.2, 0) is 0 Å². The summed E-state index contributed by atoms with van der Waals surface area (Å²) in [7, 11) is 0. The molecule has 0 aliphatic rings. The molecule has 0 radical (unpaired) electrons. The molecule has 0 heterocycles. The number of carbonyl (C=O) groups is 1. The molecule has 3 aromatic rings. The first-order chi connectivity index (χ1) is 10.6. The van der Waals surface area contributed by atoms with Crippen molar-refractivity contribution in [2.75, 3.05) is 0 Å². The number of benzene rings is 3. The van der Waals surface area contributed by atoms with Crippen LogP contribution < -0.4 is 34.7 Å². The summed E-state index contributed by atoms with van der Waals surface area (Å²) in [4.78, 5) is 10.8. The number of fused-ring (bicyclic) bond motifs is 1. The second kappa shape index (κ2) is 7.37. The van der Waals surface area contributed by atoms with Gasteiger partial charge in [0.2, 0.25) is 0 Å². The summed E-state index contributed by atoms with van der Waals surface area (Å²) in [5, 5.41) is 30.5. The normalized spacial score (nSPS) is 10.6. The first kappa shape index (κ1) is 17.1. The fourth-order valence-corrected chi connectivity index (χ4v) is 2.12. The van der Waals surface area contributed by atoms with Gasteiger partial charge in [-0.15, -0.1) is 0 Å². The summed E-state index contributed by atoms with van der Waals surface area (Å²) in [6.45, 7) is 0. The number of azo groups is 1. The van der Waals surface area contributed by atoms with Crippen LogP contribution >= 0.6 is 0 Å². The van der Waals surface area contributed by atoms with Crippen LogP contribution in [0.1, 0.15) is 10.4 Å². The van der Waals surface area contributed by atoms with Gasteiger partial charge in [0.1, 0.15) is 0 Å². The summed E-state index contributed by atoms with van der Waals surface area (Å²) in [5.41, 5.74) is 0.936. The van der Waals surface area contributed by atoms with Crippen molar-refractivity contribution in [1.29, 1.82) is 0 Å². The second-order valence-corrected chi connectivity index (χ2v) is 4.69. The Balaban J connectivity index is 0.00000192. The Morgan fingerprint density at radius 2 is 1.61 bits per heavy atom. The van der Waals surface area contributed by atoms with Crippen LogP contribution in [0.15, 0.2) is 70.9 Å². The van der Waals surface area contributed by atoms with Crippen molar-refractivity contribution in [3.05, 3.63) is 66.2 Å². The summed E-state index contributed by atoms with van der Waals surface area (Å²) in [5.74, 6) is -1.20. The van der Waals surface area contributed by atoms with E-state index in [0.29, 0.717) is 5.69 Å². The SMILES string of the molecule is O=C(O)c1ccc(N=Nc2c([O-])ccc3ccccc23)cc1.[Na+]. The van der Waals surface area contributed by atoms with E-state index in [4.69, 9.17) is 5.11 Å². The number of nitrogens with zero attached hydrogens (tertiary/aromatic N) is 2. The maximum absolute atomic E-state index is 12.0. The summed E-state index contributed by atoms with van der Waals surface area (Å²) in [6.07, 6.45) is 0. The monoisotopic (exact) mass is 314 g/mol. The quantitative estimate of drug-likeness (QED) is 0.579. The first-order valence-electron chi connectivity index (χ1n) is 6.59. The van der Waals surface area contributed by atoms with Crippen molar-refractivity contribution < 1.29 is 44.6 Å². The number of carboxylic acids is 1. The van der Waals surface area contributed by atoms with Crippen LogP contribution in [0, 0.1) is 0 Å². The Hall–Kier alpha value is -2.21. The summed E-state index contributed by atoms with van der Waals surface area (Å²) >= 11 is 0. The zero-order valence-corrected chi connectivity index (χ0v) is 14.4. The van der Waals surface area contributed by atoms with Crippen molar-refractivity contribution in [3.8, 4) is 5.75 Å². The van der Waals surface area contributed by atoms with Gasteiger partial charge >= 0.3 is 35.5 Å². The fraction of sp³-hybridized carbons (Fsp3) is 0. The molecule has 3 aromatic carbocycles. The molecule has 0 bridgehead atoms. The van der Waals surface area contributed by atoms with E-state index in [-0.39, 0.29) is 46.6 Å². The largest absolute Gasteiger partial charge is 1.00 e. The van der Waals surface area contributed by atoms with Crippen LogP contribution in [0.3, 0.4) is 0 Å². The third-order valence-electron chi connectivity index (χ3n) is 3.24. The maximum atomic E-state index is 12.0. The third kappa shape index (κ3) is 3.76. The molecule has 1 N–H and O–H groups in total. The van der Waals surface area contributed by atoms with E-state index in [1.165, 1.54) is 18.2 Å². The van der Waals surface area contributed by atoms with Crippen LogP contribution in [0.25, 0.3) is 10.8 Å². The Morgan fingerprint density at radius 3 is 2.30 bits per heavy atom. The maximum Gasteiger partial charge on any atom is 1.00 e. The van der Waals surface area contributed by atoms with E-state index in [1.54, 1.807) is 18.2 Å². The van der Waals surface area contributed by atoms with E-state index < -0.39 is 5.97 Å². The van der Waals surface area contributed by atoms with E-state index in [2.05, 4.69) is 10.2 Å². The minimum absolute atomic E-state index is 0. The topological polar surface area (TPSA) is 85.1 Å². The molecule has 0 spiro atoms. The number of carboxylic acid groups (broad SMARTS) is 1. The minimum Gasteiger partial charge on any atom is -0.871 e. The van der Waals surface area contributed by atoms with Gasteiger partial charge in [-0.1, -0.05) is 42.1 Å². The van der Waals surface area contributed by atoms with Gasteiger partial charge in [-0.3, -0.25) is 0 Å². The smallest absolute Gasteiger partial charge is 0.871 e. The molecule has 0 aromatic heterocycles. The van der Waals surface area contributed by atoms with Crippen molar-refractivity contribution in [2.45, 2.75) is 0 Å². The average molecular weight is 314 g/mol. The predicted octanol–water partition coefficient (Wildman–Crippen LogP) is 1.03. The molecule has 0 atom stereocenters. The molecule has 0 amide bonds. The van der Waals surface area contributed by atoms with Gasteiger partial charge in [0.15, 0.2) is 0 Å². The molecule has 3 rings (SSSR count). The number of aromatic carboxylic acids is 1. The van der Waals surface area contributed by atoms with Crippen LogP contribution in [0.2, 0.25) is 0 Å². The molecule has 0 aliphatic carbocycles. The predicted molar refractivity (Wildman–Crippen MR) is 81.0 cm³/mol. The molecule has 5 nitrogen and oxygen atoms in total. The van der Waals surface area contributed by atoms with Crippen molar-refractivity contribution in [1.82, 2.24) is 0 Å². The van der Waals surface area contributed by atoms with E-state index >= 15 is 0 Å². The van der Waals surface area contributed by atoms with Gasteiger partial charge in [0.05, 0.1) is 16.9 Å². The van der Waals surface area contributed by atoms with E-state index in [0.717, 1.165) is 10.8 Å². The molecular formula is C17H11N2NaO3. The molecule has 23 heavy (non-hydrogen) atoms. The molecule has 0 saturated carbocycles. The molecule has 0 aliphatic heterocycles. The standard InChI is InChI=1S/C17H12N2O3.Na/c20-15-10-7-11-3-1-2-4-14(11)16(15)19-18-13-8-5-12(6-9-13)17(21)22;/h1-10,20H,(H,21,22);/q;+1/p-1. The summed E-state index contributed by atoms with van der Waals surface area (Å²) < 4.78 is 0. The van der Waals surface area contributed by atoms with Gasteiger partial charge in [-0.05, 0) is 29.7 Å². The molecule has 0 unspecified atom stereocenters. The Bertz CT molecular complexity index is 877. The minimum atomic E-state index is -1.00. The van der Waals surface area contributed by atoms with Crippen molar-refractivity contribution in [2.24, 2.45) is 10.2 Å². The number of hydrogen-bond acceptors (Lipinski definition) is 4. The average Bonchev–Trinajstić information content (AvgIpc) is 2.54. The zero-order valence-electron chi connectivity index (χ0n) is 12.4. The number of rotatable bonds is 3. The Labute approximate surface area is 154 Å². The molecule has 0 saturated heterocycles. The van der Waals surface area contributed by atoms with E-state index in [9.17, 15) is 9.90 Å². The van der Waals surface area contributed by atoms with Gasteiger partial charge in [-0.2, -0.15) is 10.2 Å². The molecule has 6 heteroatoms. The van der Waals surface area contributed by atoms with Gasteiger partial charge in [0.25, 0.3) is 0 Å². The van der Waals surface area contributed by atoms with Gasteiger partial charge < -0.3 is 10.2 Å². The molecule has 108 valence electrons. The van der Waals surface area contributed by atoms with Crippen LogP contribution in [-0.4, -0.2) is 11.1 Å². The van der Waals surface area contributed by atoms with E-state index in [1.807, 2.05) is 24.3 Å². The van der Waals surface area contributed by atoms with Crippen molar-refractivity contribution >= 4 is 28.1 Å². The summed E-state index contributed by atoms with van der Waals surface area (Å²) in [6, 6.07) is 16.6. The second-order valence-electron chi connectivity index (χ2n) is 4.69. The van der Waals surface area contributed by atoms with Crippen LogP contribution in [0.4, 0.5) is 11.4 Å². The first-order valence-corrected chi connectivity index (χ1v) is 6.59. The molecular weight excluding hydrogens is 303 g/mol. The number of hydrogen-bond donors (Lipinski definition) is 1. The van der Waals surface area contributed by atoms with Crippen LogP contribution in [0.5, 0.6) is 5.75 Å². The Kier molecular flexibility index (Phi) is 5.50. The zero-order chi connectivity index (χ0) is 15.5. The third-order valence-corrected chi connectivity index (χ3v) is 3.24. The fourth-order valence-electron chi connectivity index (χ4n) is 2.12.